The minimum Gasteiger partial charge on any atom is -0.496 e. The summed E-state index contributed by atoms with van der Waals surface area (Å²) in [5.74, 6) is 1.15. The summed E-state index contributed by atoms with van der Waals surface area (Å²) in [7, 11) is 1.74. The molecular formula is C28H38N2O3. The summed E-state index contributed by atoms with van der Waals surface area (Å²) in [4.78, 5) is 17.4. The lowest BCUT2D eigenvalue weighted by Crippen LogP contribution is -2.53. The Morgan fingerprint density at radius 2 is 1.61 bits per heavy atom. The van der Waals surface area contributed by atoms with E-state index in [1.807, 2.05) is 37.8 Å². The van der Waals surface area contributed by atoms with Crippen molar-refractivity contribution in [3.8, 4) is 5.75 Å². The Hall–Kier alpha value is -2.53. The number of benzene rings is 2. The van der Waals surface area contributed by atoms with Gasteiger partial charge in [0.15, 0.2) is 0 Å². The molecule has 0 N–H and O–H groups in total. The number of nitrogens with zero attached hydrogens (tertiary/aromatic N) is 2. The predicted molar refractivity (Wildman–Crippen MR) is 132 cm³/mol. The van der Waals surface area contributed by atoms with Gasteiger partial charge in [-0.05, 0) is 75.7 Å². The predicted octanol–water partition coefficient (Wildman–Crippen LogP) is 5.70. The van der Waals surface area contributed by atoms with Crippen molar-refractivity contribution in [2.45, 2.75) is 58.1 Å². The number of carbonyl (C=O) groups excluding carboxylic acids is 1. The first-order chi connectivity index (χ1) is 15.8. The van der Waals surface area contributed by atoms with E-state index in [-0.39, 0.29) is 17.4 Å². The van der Waals surface area contributed by atoms with E-state index >= 15 is 0 Å². The molecule has 2 aliphatic heterocycles. The van der Waals surface area contributed by atoms with Crippen LogP contribution >= 0.6 is 0 Å². The fourth-order valence-electron chi connectivity index (χ4n) is 5.51. The van der Waals surface area contributed by atoms with Crippen LogP contribution in [0.4, 0.5) is 4.79 Å². The molecule has 0 bridgehead atoms. The highest BCUT2D eigenvalue weighted by atomic mass is 16.6. The van der Waals surface area contributed by atoms with Gasteiger partial charge in [-0.2, -0.15) is 0 Å². The molecule has 2 heterocycles. The third-order valence-electron chi connectivity index (χ3n) is 7.29. The number of amides is 1. The van der Waals surface area contributed by atoms with E-state index in [9.17, 15) is 4.79 Å². The zero-order valence-electron chi connectivity index (χ0n) is 20.5. The number of likely N-dealkylation sites (tertiary alicyclic amines) is 2. The molecule has 0 radical (unpaired) electrons. The Morgan fingerprint density at radius 1 is 0.970 bits per heavy atom. The van der Waals surface area contributed by atoms with Gasteiger partial charge in [-0.15, -0.1) is 0 Å². The molecule has 1 amide bonds. The summed E-state index contributed by atoms with van der Waals surface area (Å²) in [6.45, 7) is 10.4. The Morgan fingerprint density at radius 3 is 2.27 bits per heavy atom. The SMILES string of the molecule is COc1ccccc1[C@@H]1CN(C(=O)OC(C)(C)C)CCC12CCN(Cc1ccccc1)CC2. The highest BCUT2D eigenvalue weighted by Crippen LogP contribution is 2.52. The summed E-state index contributed by atoms with van der Waals surface area (Å²) < 4.78 is 11.5. The van der Waals surface area contributed by atoms with Crippen molar-refractivity contribution in [3.05, 3.63) is 65.7 Å². The molecule has 2 saturated heterocycles. The smallest absolute Gasteiger partial charge is 0.410 e. The van der Waals surface area contributed by atoms with Crippen LogP contribution < -0.4 is 4.74 Å². The van der Waals surface area contributed by atoms with Gasteiger partial charge < -0.3 is 14.4 Å². The van der Waals surface area contributed by atoms with Gasteiger partial charge in [-0.3, -0.25) is 4.90 Å². The quantitative estimate of drug-likeness (QED) is 0.599. The largest absolute Gasteiger partial charge is 0.496 e. The van der Waals surface area contributed by atoms with Gasteiger partial charge in [0.25, 0.3) is 0 Å². The van der Waals surface area contributed by atoms with Crippen molar-refractivity contribution >= 4 is 6.09 Å². The van der Waals surface area contributed by atoms with Gasteiger partial charge in [0.2, 0.25) is 0 Å². The molecule has 178 valence electrons. The summed E-state index contributed by atoms with van der Waals surface area (Å²) in [6, 6.07) is 19.1. The summed E-state index contributed by atoms with van der Waals surface area (Å²) in [5, 5.41) is 0. The van der Waals surface area contributed by atoms with Crippen LogP contribution in [-0.2, 0) is 11.3 Å². The fourth-order valence-corrected chi connectivity index (χ4v) is 5.51. The van der Waals surface area contributed by atoms with Crippen molar-refractivity contribution in [2.24, 2.45) is 5.41 Å². The molecule has 1 spiro atoms. The van der Waals surface area contributed by atoms with Crippen molar-refractivity contribution in [1.29, 1.82) is 0 Å². The van der Waals surface area contributed by atoms with E-state index < -0.39 is 5.60 Å². The van der Waals surface area contributed by atoms with Gasteiger partial charge in [-0.25, -0.2) is 4.79 Å². The number of ether oxygens (including phenoxy) is 2. The molecular weight excluding hydrogens is 412 g/mol. The number of carbonyl (C=O) groups is 1. The lowest BCUT2D eigenvalue weighted by molar-refractivity contribution is -0.0144. The third kappa shape index (κ3) is 5.52. The number of piperidine rings is 2. The maximum absolute atomic E-state index is 12.9. The van der Waals surface area contributed by atoms with Crippen molar-refractivity contribution in [1.82, 2.24) is 9.80 Å². The Balaban J connectivity index is 1.54. The molecule has 0 unspecified atom stereocenters. The molecule has 5 heteroatoms. The molecule has 0 saturated carbocycles. The van der Waals surface area contributed by atoms with Crippen molar-refractivity contribution in [2.75, 3.05) is 33.3 Å². The molecule has 33 heavy (non-hydrogen) atoms. The van der Waals surface area contributed by atoms with E-state index in [2.05, 4.69) is 47.4 Å². The lowest BCUT2D eigenvalue weighted by Gasteiger charge is -2.52. The first-order valence-electron chi connectivity index (χ1n) is 12.2. The van der Waals surface area contributed by atoms with Crippen LogP contribution in [0.25, 0.3) is 0 Å². The number of rotatable bonds is 4. The minimum atomic E-state index is -0.491. The molecule has 4 rings (SSSR count). The molecule has 2 aromatic carbocycles. The topological polar surface area (TPSA) is 42.0 Å². The number of hydrogen-bond donors (Lipinski definition) is 0. The second-order valence-electron chi connectivity index (χ2n) is 10.6. The molecule has 5 nitrogen and oxygen atoms in total. The second-order valence-corrected chi connectivity index (χ2v) is 10.6. The van der Waals surface area contributed by atoms with E-state index in [0.29, 0.717) is 6.54 Å². The summed E-state index contributed by atoms with van der Waals surface area (Å²) >= 11 is 0. The minimum absolute atomic E-state index is 0.167. The first kappa shape index (κ1) is 23.6. The van der Waals surface area contributed by atoms with Gasteiger partial charge in [0, 0.05) is 25.6 Å². The van der Waals surface area contributed by atoms with Crippen LogP contribution in [0, 0.1) is 5.41 Å². The normalized spacial score (nSPS) is 21.1. The molecule has 0 aromatic heterocycles. The zero-order chi connectivity index (χ0) is 23.5. The highest BCUT2D eigenvalue weighted by Gasteiger charge is 2.47. The van der Waals surface area contributed by atoms with Crippen LogP contribution in [-0.4, -0.2) is 54.8 Å². The molecule has 1 atom stereocenters. The van der Waals surface area contributed by atoms with Crippen LogP contribution in [0.1, 0.15) is 57.1 Å². The second kappa shape index (κ2) is 9.76. The lowest BCUT2D eigenvalue weighted by atomic mass is 9.62. The van der Waals surface area contributed by atoms with Crippen molar-refractivity contribution in [3.63, 3.8) is 0 Å². The summed E-state index contributed by atoms with van der Waals surface area (Å²) in [5.41, 5.74) is 2.26. The molecule has 2 aromatic rings. The summed E-state index contributed by atoms with van der Waals surface area (Å²) in [6.07, 6.45) is 3.04. The van der Waals surface area contributed by atoms with Crippen molar-refractivity contribution < 1.29 is 14.3 Å². The number of para-hydroxylation sites is 1. The van der Waals surface area contributed by atoms with Gasteiger partial charge >= 0.3 is 6.09 Å². The molecule has 2 fully saturated rings. The average Bonchev–Trinajstić information content (AvgIpc) is 2.80. The highest BCUT2D eigenvalue weighted by molar-refractivity contribution is 5.68. The number of hydrogen-bond acceptors (Lipinski definition) is 4. The van der Waals surface area contributed by atoms with Gasteiger partial charge in [-0.1, -0.05) is 48.5 Å². The first-order valence-corrected chi connectivity index (χ1v) is 12.2. The van der Waals surface area contributed by atoms with E-state index in [1.54, 1.807) is 7.11 Å². The number of methoxy groups -OCH3 is 1. The fraction of sp³-hybridized carbons (Fsp3) is 0.536. The maximum Gasteiger partial charge on any atom is 0.410 e. The Kier molecular flexibility index (Phi) is 6.99. The monoisotopic (exact) mass is 450 g/mol. The van der Waals surface area contributed by atoms with E-state index in [1.165, 1.54) is 11.1 Å². The van der Waals surface area contributed by atoms with E-state index in [0.717, 1.165) is 51.2 Å². The standard InChI is InChI=1S/C28H38N2O3/c1-27(2,3)33-26(31)30-19-16-28(24(21-30)23-12-8-9-13-25(23)32-4)14-17-29(18-15-28)20-22-10-6-5-7-11-22/h5-13,24H,14-21H2,1-4H3/t24-/m0/s1. The molecule has 0 aliphatic carbocycles. The van der Waals surface area contributed by atoms with Gasteiger partial charge in [0.05, 0.1) is 7.11 Å². The van der Waals surface area contributed by atoms with Crippen LogP contribution in [0.2, 0.25) is 0 Å². The maximum atomic E-state index is 12.9. The Labute approximate surface area is 198 Å². The van der Waals surface area contributed by atoms with Crippen LogP contribution in [0.3, 0.4) is 0 Å². The molecule has 2 aliphatic rings. The van der Waals surface area contributed by atoms with Crippen LogP contribution in [0.5, 0.6) is 5.75 Å². The van der Waals surface area contributed by atoms with Gasteiger partial charge in [0.1, 0.15) is 11.4 Å². The van der Waals surface area contributed by atoms with E-state index in [4.69, 9.17) is 9.47 Å². The third-order valence-corrected chi connectivity index (χ3v) is 7.29. The zero-order valence-corrected chi connectivity index (χ0v) is 20.5. The Bertz CT molecular complexity index is 930. The van der Waals surface area contributed by atoms with Crippen LogP contribution in [0.15, 0.2) is 54.6 Å². The average molecular weight is 451 g/mol.